The Morgan fingerprint density at radius 1 is 1.57 bits per heavy atom. The van der Waals surface area contributed by atoms with Crippen molar-refractivity contribution < 1.29 is 24.3 Å². The molecule has 0 aromatic rings. The molecule has 0 aromatic heterocycles. The normalized spacial score (nSPS) is 9.93. The van der Waals surface area contributed by atoms with E-state index >= 15 is 0 Å². The van der Waals surface area contributed by atoms with Crippen LogP contribution in [0.5, 0.6) is 0 Å². The van der Waals surface area contributed by atoms with Gasteiger partial charge in [-0.3, -0.25) is 15.3 Å². The van der Waals surface area contributed by atoms with Crippen molar-refractivity contribution in [2.45, 2.75) is 0 Å². The maximum absolute atomic E-state index is 10.3. The fraction of sp³-hybridized carbons (Fsp3) is 0.500. The van der Waals surface area contributed by atoms with Crippen LogP contribution in [-0.2, 0) is 9.36 Å². The van der Waals surface area contributed by atoms with Crippen LogP contribution in [0, 0.1) is 5.41 Å². The quantitative estimate of drug-likeness (QED) is 0.169. The van der Waals surface area contributed by atoms with E-state index in [0.29, 0.717) is 0 Å². The third-order valence-electron chi connectivity index (χ3n) is 1.01. The summed E-state index contributed by atoms with van der Waals surface area (Å²) >= 11 is 0. The minimum atomic E-state index is -4.53. The van der Waals surface area contributed by atoms with E-state index in [1.165, 1.54) is 12.1 Å². The molecule has 0 fully saturated rings. The Balaban J connectivity index is 0. The molecule has 0 heterocycles. The SMILES string of the molecule is CN(CC(=O)O)C(=N)NP(=O)(O)O.[KH]. The van der Waals surface area contributed by atoms with Gasteiger partial charge < -0.3 is 19.8 Å². The van der Waals surface area contributed by atoms with E-state index < -0.39 is 26.2 Å². The van der Waals surface area contributed by atoms with Gasteiger partial charge in [0, 0.05) is 7.05 Å². The molecular weight excluding hydrogens is 240 g/mol. The molecule has 0 aliphatic rings. The monoisotopic (exact) mass is 251 g/mol. The second-order valence-electron chi connectivity index (χ2n) is 2.25. The van der Waals surface area contributed by atoms with Gasteiger partial charge in [0.2, 0.25) is 0 Å². The number of likely N-dealkylation sites (N-methyl/N-ethyl adjacent to an activating group) is 1. The van der Waals surface area contributed by atoms with Crippen molar-refractivity contribution in [1.82, 2.24) is 9.99 Å². The molecule has 0 rings (SSSR count). The number of carboxylic acid groups (broad SMARTS) is 1. The van der Waals surface area contributed by atoms with Crippen LogP contribution in [-0.4, -0.2) is 96.7 Å². The first kappa shape index (κ1) is 16.9. The molecule has 0 amide bonds. The average molecular weight is 251 g/mol. The zero-order valence-corrected chi connectivity index (χ0v) is 7.65. The number of nitrogens with one attached hydrogen (secondary N) is 2. The van der Waals surface area contributed by atoms with Crippen molar-refractivity contribution in [3.63, 3.8) is 0 Å². The summed E-state index contributed by atoms with van der Waals surface area (Å²) in [5.74, 6) is -1.84. The van der Waals surface area contributed by atoms with E-state index in [1.54, 1.807) is 0 Å². The summed E-state index contributed by atoms with van der Waals surface area (Å²) in [7, 11) is -3.31. The van der Waals surface area contributed by atoms with Crippen molar-refractivity contribution in [1.29, 1.82) is 5.41 Å². The molecule has 14 heavy (non-hydrogen) atoms. The van der Waals surface area contributed by atoms with Crippen LogP contribution in [0.4, 0.5) is 0 Å². The number of rotatable bonds is 3. The summed E-state index contributed by atoms with van der Waals surface area (Å²) in [4.78, 5) is 27.7. The van der Waals surface area contributed by atoms with Crippen LogP contribution in [0.15, 0.2) is 0 Å². The molecule has 0 saturated carbocycles. The van der Waals surface area contributed by atoms with E-state index in [4.69, 9.17) is 20.3 Å². The van der Waals surface area contributed by atoms with Crippen LogP contribution in [0.3, 0.4) is 0 Å². The maximum atomic E-state index is 10.3. The molecule has 0 saturated heterocycles. The fourth-order valence-electron chi connectivity index (χ4n) is 0.505. The molecule has 0 radical (unpaired) electrons. The average Bonchev–Trinajstić information content (AvgIpc) is 1.81. The van der Waals surface area contributed by atoms with Gasteiger partial charge in [-0.1, -0.05) is 0 Å². The van der Waals surface area contributed by atoms with E-state index in [1.807, 2.05) is 0 Å². The minimum absolute atomic E-state index is 0. The molecule has 0 bridgehead atoms. The summed E-state index contributed by atoms with van der Waals surface area (Å²) in [6.45, 7) is -0.508. The van der Waals surface area contributed by atoms with Crippen molar-refractivity contribution >= 4 is 71.1 Å². The second kappa shape index (κ2) is 6.91. The molecule has 0 spiro atoms. The van der Waals surface area contributed by atoms with Gasteiger partial charge in [0.15, 0.2) is 5.96 Å². The molecule has 0 aliphatic heterocycles. The van der Waals surface area contributed by atoms with Gasteiger partial charge >= 0.3 is 65.1 Å². The molecule has 0 atom stereocenters. The summed E-state index contributed by atoms with van der Waals surface area (Å²) in [6.07, 6.45) is 0. The van der Waals surface area contributed by atoms with Gasteiger partial charge in [-0.2, -0.15) is 0 Å². The van der Waals surface area contributed by atoms with E-state index in [-0.39, 0.29) is 51.4 Å². The Hall–Kier alpha value is 0.526. The molecule has 0 unspecified atom stereocenters. The third-order valence-corrected chi connectivity index (χ3v) is 1.51. The Morgan fingerprint density at radius 3 is 2.29 bits per heavy atom. The number of guanidine groups is 1. The molecule has 8 nitrogen and oxygen atoms in total. The third kappa shape index (κ3) is 9.10. The van der Waals surface area contributed by atoms with Gasteiger partial charge in [-0.15, -0.1) is 0 Å². The Kier molecular flexibility index (Phi) is 8.36. The molecule has 5 N–H and O–H groups in total. The summed E-state index contributed by atoms with van der Waals surface area (Å²) in [5.41, 5.74) is 0. The number of hydrogen-bond acceptors (Lipinski definition) is 3. The van der Waals surface area contributed by atoms with E-state index in [9.17, 15) is 9.36 Å². The van der Waals surface area contributed by atoms with Crippen LogP contribution >= 0.6 is 7.75 Å². The van der Waals surface area contributed by atoms with Crippen molar-refractivity contribution in [3.8, 4) is 0 Å². The Bertz CT molecular complexity index is 266. The zero-order chi connectivity index (χ0) is 10.6. The van der Waals surface area contributed by atoms with Crippen LogP contribution in [0.1, 0.15) is 0 Å². The Morgan fingerprint density at radius 2 is 2.00 bits per heavy atom. The topological polar surface area (TPSA) is 134 Å². The number of carbonyl (C=O) groups is 1. The standard InChI is InChI=1S/C4H10N3O5P.K.H/c1-7(2-3(8)9)4(5)6-13(10,11)12;;/h2H2,1H3,(H,8,9)(H4,5,6,10,11,12);;. The van der Waals surface area contributed by atoms with Crippen molar-refractivity contribution in [3.05, 3.63) is 0 Å². The van der Waals surface area contributed by atoms with Crippen LogP contribution in [0.25, 0.3) is 0 Å². The molecule has 78 valence electrons. The van der Waals surface area contributed by atoms with Gasteiger partial charge in [0.1, 0.15) is 6.54 Å². The molecule has 10 heteroatoms. The predicted molar refractivity (Wildman–Crippen MR) is 50.3 cm³/mol. The van der Waals surface area contributed by atoms with E-state index in [0.717, 1.165) is 4.90 Å². The Labute approximate surface area is 123 Å². The summed E-state index contributed by atoms with van der Waals surface area (Å²) in [5, 5.41) is 16.8. The van der Waals surface area contributed by atoms with Crippen molar-refractivity contribution in [2.24, 2.45) is 0 Å². The second-order valence-corrected chi connectivity index (χ2v) is 3.57. The predicted octanol–water partition coefficient (Wildman–Crippen LogP) is -2.03. The van der Waals surface area contributed by atoms with Crippen LogP contribution < -0.4 is 5.09 Å². The van der Waals surface area contributed by atoms with Gasteiger partial charge in [-0.05, 0) is 0 Å². The van der Waals surface area contributed by atoms with Gasteiger partial charge in [-0.25, -0.2) is 4.57 Å². The summed E-state index contributed by atoms with van der Waals surface area (Å²) < 4.78 is 10.3. The number of aliphatic carboxylic acids is 1. The van der Waals surface area contributed by atoms with Crippen molar-refractivity contribution in [2.75, 3.05) is 13.6 Å². The first-order valence-electron chi connectivity index (χ1n) is 3.07. The number of carboxylic acids is 1. The zero-order valence-electron chi connectivity index (χ0n) is 6.76. The summed E-state index contributed by atoms with van der Waals surface area (Å²) in [6, 6.07) is 0. The fourth-order valence-corrected chi connectivity index (χ4v) is 0.952. The number of hydrogen-bond donors (Lipinski definition) is 5. The first-order valence-corrected chi connectivity index (χ1v) is 4.69. The van der Waals surface area contributed by atoms with Gasteiger partial charge in [0.25, 0.3) is 0 Å². The number of nitrogens with zero attached hydrogens (tertiary/aromatic N) is 1. The molecule has 0 aromatic carbocycles. The molecular formula is C4H11KN3O5P. The van der Waals surface area contributed by atoms with E-state index in [2.05, 4.69) is 0 Å². The van der Waals surface area contributed by atoms with Gasteiger partial charge in [0.05, 0.1) is 0 Å². The molecule has 0 aliphatic carbocycles. The first-order chi connectivity index (χ1) is 5.72. The van der Waals surface area contributed by atoms with Crippen LogP contribution in [0.2, 0.25) is 0 Å².